The molecule has 2 atom stereocenters. The van der Waals surface area contributed by atoms with Crippen molar-refractivity contribution < 1.29 is 24.9 Å². The predicted molar refractivity (Wildman–Crippen MR) is 71.9 cm³/mol. The quantitative estimate of drug-likeness (QED) is 0.586. The van der Waals surface area contributed by atoms with Gasteiger partial charge in [0.15, 0.2) is 5.12 Å². The summed E-state index contributed by atoms with van der Waals surface area (Å²) in [5.74, 6) is -1.26. The van der Waals surface area contributed by atoms with Crippen LogP contribution in [0, 0.1) is 0 Å². The molecule has 0 aliphatic carbocycles. The van der Waals surface area contributed by atoms with Crippen LogP contribution in [0.25, 0.3) is 0 Å². The number of aliphatic hydroxyl groups is 2. The van der Waals surface area contributed by atoms with Crippen molar-refractivity contribution in [3.05, 3.63) is 29.3 Å². The summed E-state index contributed by atoms with van der Waals surface area (Å²) in [6.45, 7) is 1.34. The standard InChI is InChI=1S/C12H15NO5S/c1-6(14)19-5-10(15)11(16)8-3-2-7(13)4-9(8)12(17)18/h2-4,10-11,15-16H,5,13H2,1H3,(H,17,18). The van der Waals surface area contributed by atoms with Crippen LogP contribution in [0.5, 0.6) is 0 Å². The minimum atomic E-state index is -1.39. The number of hydrogen-bond acceptors (Lipinski definition) is 6. The Labute approximate surface area is 114 Å². The van der Waals surface area contributed by atoms with Gasteiger partial charge in [-0.15, -0.1) is 0 Å². The van der Waals surface area contributed by atoms with Gasteiger partial charge in [-0.1, -0.05) is 17.8 Å². The highest BCUT2D eigenvalue weighted by molar-refractivity contribution is 8.13. The van der Waals surface area contributed by atoms with Crippen molar-refractivity contribution in [1.82, 2.24) is 0 Å². The van der Waals surface area contributed by atoms with Gasteiger partial charge in [0.05, 0.1) is 11.7 Å². The maximum absolute atomic E-state index is 11.1. The summed E-state index contributed by atoms with van der Waals surface area (Å²) in [6, 6.07) is 4.01. The molecule has 0 amide bonds. The summed E-state index contributed by atoms with van der Waals surface area (Å²) in [5, 5.41) is 28.5. The highest BCUT2D eigenvalue weighted by Crippen LogP contribution is 2.25. The lowest BCUT2D eigenvalue weighted by Crippen LogP contribution is -2.23. The van der Waals surface area contributed by atoms with Crippen molar-refractivity contribution >= 4 is 28.5 Å². The zero-order valence-electron chi connectivity index (χ0n) is 10.2. The molecule has 2 unspecified atom stereocenters. The summed E-state index contributed by atoms with van der Waals surface area (Å²) in [7, 11) is 0. The van der Waals surface area contributed by atoms with Gasteiger partial charge in [0, 0.05) is 18.4 Å². The molecule has 0 radical (unpaired) electrons. The number of carbonyl (C=O) groups is 2. The number of anilines is 1. The first-order valence-electron chi connectivity index (χ1n) is 5.45. The van der Waals surface area contributed by atoms with E-state index in [0.29, 0.717) is 0 Å². The van der Waals surface area contributed by atoms with E-state index in [1.807, 2.05) is 0 Å². The molecule has 0 aliphatic heterocycles. The average Bonchev–Trinajstić information content (AvgIpc) is 2.34. The molecule has 0 bridgehead atoms. The third kappa shape index (κ3) is 4.23. The number of carboxylic acids is 1. The van der Waals surface area contributed by atoms with Gasteiger partial charge in [-0.05, 0) is 17.7 Å². The van der Waals surface area contributed by atoms with Crippen molar-refractivity contribution in [3.8, 4) is 0 Å². The summed E-state index contributed by atoms with van der Waals surface area (Å²) in [6.07, 6.45) is -2.63. The van der Waals surface area contributed by atoms with Gasteiger partial charge in [0.25, 0.3) is 0 Å². The third-order valence-electron chi connectivity index (χ3n) is 2.45. The first kappa shape index (κ1) is 15.5. The van der Waals surface area contributed by atoms with Gasteiger partial charge in [-0.2, -0.15) is 0 Å². The van der Waals surface area contributed by atoms with Crippen molar-refractivity contribution in [2.75, 3.05) is 11.5 Å². The smallest absolute Gasteiger partial charge is 0.336 e. The average molecular weight is 285 g/mol. The van der Waals surface area contributed by atoms with Crippen LogP contribution in [-0.4, -0.2) is 38.3 Å². The summed E-state index contributed by atoms with van der Waals surface area (Å²) in [4.78, 5) is 21.8. The van der Waals surface area contributed by atoms with Crippen LogP contribution in [0.3, 0.4) is 0 Å². The Morgan fingerprint density at radius 3 is 2.53 bits per heavy atom. The van der Waals surface area contributed by atoms with Gasteiger partial charge in [0.1, 0.15) is 6.10 Å². The Bertz CT molecular complexity index is 491. The van der Waals surface area contributed by atoms with Crippen molar-refractivity contribution in [3.63, 3.8) is 0 Å². The summed E-state index contributed by atoms with van der Waals surface area (Å²) >= 11 is 0.859. The number of aliphatic hydroxyl groups excluding tert-OH is 2. The molecule has 19 heavy (non-hydrogen) atoms. The molecule has 0 saturated heterocycles. The zero-order chi connectivity index (χ0) is 14.6. The van der Waals surface area contributed by atoms with Crippen molar-refractivity contribution in [2.45, 2.75) is 19.1 Å². The topological polar surface area (TPSA) is 121 Å². The summed E-state index contributed by atoms with van der Waals surface area (Å²) < 4.78 is 0. The lowest BCUT2D eigenvalue weighted by atomic mass is 9.98. The van der Waals surface area contributed by atoms with Crippen molar-refractivity contribution in [2.24, 2.45) is 0 Å². The number of carbonyl (C=O) groups excluding carboxylic acids is 1. The number of benzene rings is 1. The van der Waals surface area contributed by atoms with Gasteiger partial charge >= 0.3 is 5.97 Å². The first-order valence-corrected chi connectivity index (χ1v) is 6.43. The molecular weight excluding hydrogens is 270 g/mol. The fraction of sp³-hybridized carbons (Fsp3) is 0.333. The molecule has 0 aromatic heterocycles. The fourth-order valence-corrected chi connectivity index (χ4v) is 2.11. The molecule has 1 rings (SSSR count). The van der Waals surface area contributed by atoms with Gasteiger partial charge < -0.3 is 21.1 Å². The molecule has 5 N–H and O–H groups in total. The molecule has 0 aliphatic rings. The van der Waals surface area contributed by atoms with Gasteiger partial charge in [0.2, 0.25) is 0 Å². The van der Waals surface area contributed by atoms with Crippen LogP contribution < -0.4 is 5.73 Å². The van der Waals surface area contributed by atoms with Gasteiger partial charge in [-0.3, -0.25) is 4.79 Å². The number of hydrogen-bond donors (Lipinski definition) is 4. The highest BCUT2D eigenvalue weighted by Gasteiger charge is 2.24. The van der Waals surface area contributed by atoms with E-state index in [4.69, 9.17) is 10.8 Å². The largest absolute Gasteiger partial charge is 0.478 e. The molecule has 0 heterocycles. The number of nitrogen functional groups attached to an aromatic ring is 1. The van der Waals surface area contributed by atoms with E-state index >= 15 is 0 Å². The SMILES string of the molecule is CC(=O)SCC(O)C(O)c1ccc(N)cc1C(=O)O. The van der Waals surface area contributed by atoms with E-state index in [1.165, 1.54) is 25.1 Å². The molecule has 0 saturated carbocycles. The predicted octanol–water partition coefficient (Wildman–Crippen LogP) is 0.641. The molecule has 1 aromatic rings. The van der Waals surface area contributed by atoms with E-state index in [1.54, 1.807) is 0 Å². The first-order chi connectivity index (χ1) is 8.82. The van der Waals surface area contributed by atoms with Crippen LogP contribution in [0.2, 0.25) is 0 Å². The highest BCUT2D eigenvalue weighted by atomic mass is 32.2. The molecule has 6 nitrogen and oxygen atoms in total. The lowest BCUT2D eigenvalue weighted by molar-refractivity contribution is -0.109. The van der Waals surface area contributed by atoms with Crippen molar-refractivity contribution in [1.29, 1.82) is 0 Å². The molecule has 0 fully saturated rings. The van der Waals surface area contributed by atoms with E-state index < -0.39 is 18.2 Å². The number of thioether (sulfide) groups is 1. The lowest BCUT2D eigenvalue weighted by Gasteiger charge is -2.19. The van der Waals surface area contributed by atoms with Gasteiger partial charge in [-0.25, -0.2) is 4.79 Å². The van der Waals surface area contributed by atoms with Crippen LogP contribution in [0.1, 0.15) is 28.9 Å². The number of rotatable bonds is 5. The van der Waals surface area contributed by atoms with E-state index in [-0.39, 0.29) is 27.7 Å². The Morgan fingerprint density at radius 2 is 2.00 bits per heavy atom. The minimum Gasteiger partial charge on any atom is -0.478 e. The Kier molecular flexibility index (Phi) is 5.34. The molecular formula is C12H15NO5S. The molecule has 104 valence electrons. The van der Waals surface area contributed by atoms with Crippen LogP contribution in [-0.2, 0) is 4.79 Å². The zero-order valence-corrected chi connectivity index (χ0v) is 11.1. The fourth-order valence-electron chi connectivity index (χ4n) is 1.52. The maximum atomic E-state index is 11.1. The van der Waals surface area contributed by atoms with Crippen LogP contribution in [0.15, 0.2) is 18.2 Å². The Balaban J connectivity index is 2.95. The second-order valence-electron chi connectivity index (χ2n) is 3.97. The minimum absolute atomic E-state index is 0.0140. The van der Waals surface area contributed by atoms with Crippen LogP contribution >= 0.6 is 11.8 Å². The monoisotopic (exact) mass is 285 g/mol. The normalized spacial score (nSPS) is 13.8. The Morgan fingerprint density at radius 1 is 1.37 bits per heavy atom. The number of aromatic carboxylic acids is 1. The second-order valence-corrected chi connectivity index (χ2v) is 5.16. The maximum Gasteiger partial charge on any atom is 0.336 e. The van der Waals surface area contributed by atoms with Crippen LogP contribution in [0.4, 0.5) is 5.69 Å². The number of nitrogens with two attached hydrogens (primary N) is 1. The van der Waals surface area contributed by atoms with E-state index in [9.17, 15) is 19.8 Å². The summed E-state index contributed by atoms with van der Waals surface area (Å²) in [5.41, 5.74) is 5.64. The second kappa shape index (κ2) is 6.55. The Hall–Kier alpha value is -1.57. The third-order valence-corrected chi connectivity index (χ3v) is 3.36. The van der Waals surface area contributed by atoms with E-state index in [0.717, 1.165) is 11.8 Å². The van der Waals surface area contributed by atoms with E-state index in [2.05, 4.69) is 0 Å². The number of carboxylic acid groups (broad SMARTS) is 1. The molecule has 7 heteroatoms. The molecule has 0 spiro atoms. The molecule has 1 aromatic carbocycles.